The molecule has 22 heavy (non-hydrogen) atoms. The summed E-state index contributed by atoms with van der Waals surface area (Å²) in [5.41, 5.74) is 7.68. The first kappa shape index (κ1) is 15.3. The number of hydrogen-bond acceptors (Lipinski definition) is 6. The first-order valence-corrected chi connectivity index (χ1v) is 6.59. The highest BCUT2D eigenvalue weighted by atomic mass is 16.6. The first-order chi connectivity index (χ1) is 10.5. The lowest BCUT2D eigenvalue weighted by molar-refractivity contribution is -0.384. The Morgan fingerprint density at radius 2 is 1.95 bits per heavy atom. The minimum absolute atomic E-state index is 0.0688. The Balaban J connectivity index is 2.14. The fourth-order valence-electron chi connectivity index (χ4n) is 1.84. The van der Waals surface area contributed by atoms with Gasteiger partial charge in [0.15, 0.2) is 0 Å². The summed E-state index contributed by atoms with van der Waals surface area (Å²) in [4.78, 5) is 21.7. The molecule has 0 heterocycles. The molecule has 2 rings (SSSR count). The Hall–Kier alpha value is -3.09. The quantitative estimate of drug-likeness (QED) is 0.380. The van der Waals surface area contributed by atoms with Gasteiger partial charge in [0.25, 0.3) is 5.69 Å². The van der Waals surface area contributed by atoms with Gasteiger partial charge < -0.3 is 15.8 Å². The van der Waals surface area contributed by atoms with Gasteiger partial charge in [-0.05, 0) is 37.3 Å². The Kier molecular flexibility index (Phi) is 4.57. The molecule has 2 aromatic rings. The second kappa shape index (κ2) is 6.57. The molecule has 0 bridgehead atoms. The number of nitro benzene ring substituents is 1. The minimum Gasteiger partial charge on any atom is -0.462 e. The van der Waals surface area contributed by atoms with Crippen LogP contribution >= 0.6 is 0 Å². The van der Waals surface area contributed by atoms with Gasteiger partial charge in [-0.15, -0.1) is 0 Å². The van der Waals surface area contributed by atoms with Crippen LogP contribution in [0.1, 0.15) is 17.3 Å². The summed E-state index contributed by atoms with van der Waals surface area (Å²) in [6.07, 6.45) is 0. The highest BCUT2D eigenvalue weighted by Gasteiger charge is 2.09. The molecule has 114 valence electrons. The number of carbonyl (C=O) groups is 1. The van der Waals surface area contributed by atoms with Crippen LogP contribution < -0.4 is 11.1 Å². The van der Waals surface area contributed by atoms with Crippen LogP contribution in [0.25, 0.3) is 0 Å². The van der Waals surface area contributed by atoms with Crippen molar-refractivity contribution in [1.29, 1.82) is 0 Å². The van der Waals surface area contributed by atoms with E-state index in [-0.39, 0.29) is 17.3 Å². The van der Waals surface area contributed by atoms with Crippen molar-refractivity contribution >= 4 is 28.7 Å². The van der Waals surface area contributed by atoms with Crippen molar-refractivity contribution in [3.8, 4) is 0 Å². The van der Waals surface area contributed by atoms with Crippen molar-refractivity contribution in [2.75, 3.05) is 17.7 Å². The number of nitrogens with two attached hydrogens (primary N) is 1. The third kappa shape index (κ3) is 3.51. The van der Waals surface area contributed by atoms with Crippen molar-refractivity contribution in [1.82, 2.24) is 0 Å². The number of rotatable bonds is 5. The van der Waals surface area contributed by atoms with Gasteiger partial charge in [0.05, 0.1) is 28.5 Å². The molecule has 0 fully saturated rings. The second-order valence-corrected chi connectivity index (χ2v) is 4.45. The number of esters is 1. The molecule has 0 saturated heterocycles. The smallest absolute Gasteiger partial charge is 0.338 e. The lowest BCUT2D eigenvalue weighted by Crippen LogP contribution is -2.04. The van der Waals surface area contributed by atoms with E-state index in [1.165, 1.54) is 18.2 Å². The van der Waals surface area contributed by atoms with Gasteiger partial charge in [0, 0.05) is 17.8 Å². The van der Waals surface area contributed by atoms with E-state index in [9.17, 15) is 14.9 Å². The number of nitro groups is 1. The number of nitrogen functional groups attached to an aromatic ring is 1. The molecule has 0 spiro atoms. The summed E-state index contributed by atoms with van der Waals surface area (Å²) < 4.78 is 4.90. The summed E-state index contributed by atoms with van der Waals surface area (Å²) in [5.74, 6) is -0.385. The normalized spacial score (nSPS) is 10.0. The maximum absolute atomic E-state index is 11.5. The van der Waals surface area contributed by atoms with Crippen LogP contribution in [0, 0.1) is 10.1 Å². The molecular formula is C15H15N3O4. The number of nitrogens with zero attached hydrogens (tertiary/aromatic N) is 1. The van der Waals surface area contributed by atoms with Crippen LogP contribution in [0.15, 0.2) is 42.5 Å². The molecule has 0 saturated carbocycles. The van der Waals surface area contributed by atoms with E-state index >= 15 is 0 Å². The SMILES string of the molecule is CCOC(=O)c1ccc(Nc2ccc([N+](=O)[O-])cc2N)cc1. The highest BCUT2D eigenvalue weighted by molar-refractivity contribution is 5.90. The Morgan fingerprint density at radius 1 is 1.27 bits per heavy atom. The van der Waals surface area contributed by atoms with Gasteiger partial charge in [0.2, 0.25) is 0 Å². The average molecular weight is 301 g/mol. The minimum atomic E-state index is -0.506. The van der Waals surface area contributed by atoms with E-state index in [0.29, 0.717) is 23.5 Å². The largest absolute Gasteiger partial charge is 0.462 e. The van der Waals surface area contributed by atoms with E-state index in [1.54, 1.807) is 31.2 Å². The van der Waals surface area contributed by atoms with Crippen LogP contribution in [0.3, 0.4) is 0 Å². The van der Waals surface area contributed by atoms with Crippen molar-refractivity contribution in [3.05, 3.63) is 58.1 Å². The molecule has 7 heteroatoms. The van der Waals surface area contributed by atoms with Gasteiger partial charge in [-0.3, -0.25) is 10.1 Å². The molecule has 0 aliphatic rings. The third-order valence-corrected chi connectivity index (χ3v) is 2.92. The van der Waals surface area contributed by atoms with Crippen LogP contribution in [-0.4, -0.2) is 17.5 Å². The summed E-state index contributed by atoms with van der Waals surface area (Å²) in [7, 11) is 0. The van der Waals surface area contributed by atoms with Crippen molar-refractivity contribution in [2.45, 2.75) is 6.92 Å². The predicted molar refractivity (Wildman–Crippen MR) is 83.2 cm³/mol. The molecule has 0 aliphatic carbocycles. The molecule has 0 radical (unpaired) electrons. The van der Waals surface area contributed by atoms with E-state index in [2.05, 4.69) is 5.32 Å². The summed E-state index contributed by atoms with van der Waals surface area (Å²) in [6, 6.07) is 10.8. The molecule has 0 unspecified atom stereocenters. The standard InChI is InChI=1S/C15H15N3O4/c1-2-22-15(19)10-3-5-11(6-4-10)17-14-8-7-12(18(20)21)9-13(14)16/h3-9,17H,2,16H2,1H3. The molecule has 3 N–H and O–H groups in total. The molecule has 0 atom stereocenters. The zero-order valence-corrected chi connectivity index (χ0v) is 11.9. The monoisotopic (exact) mass is 301 g/mol. The van der Waals surface area contributed by atoms with Crippen LogP contribution in [-0.2, 0) is 4.74 Å². The topological polar surface area (TPSA) is 107 Å². The van der Waals surface area contributed by atoms with Gasteiger partial charge in [-0.25, -0.2) is 4.79 Å². The Bertz CT molecular complexity index is 698. The number of ether oxygens (including phenoxy) is 1. The number of non-ortho nitro benzene ring substituents is 1. The van der Waals surface area contributed by atoms with Gasteiger partial charge in [-0.1, -0.05) is 0 Å². The van der Waals surface area contributed by atoms with Crippen LogP contribution in [0.4, 0.5) is 22.7 Å². The molecule has 7 nitrogen and oxygen atoms in total. The Morgan fingerprint density at radius 3 is 2.50 bits per heavy atom. The van der Waals surface area contributed by atoms with E-state index in [0.717, 1.165) is 0 Å². The number of benzene rings is 2. The lowest BCUT2D eigenvalue weighted by Gasteiger charge is -2.09. The number of carbonyl (C=O) groups excluding carboxylic acids is 1. The van der Waals surface area contributed by atoms with Crippen molar-refractivity contribution in [2.24, 2.45) is 0 Å². The van der Waals surface area contributed by atoms with Crippen LogP contribution in [0.2, 0.25) is 0 Å². The molecular weight excluding hydrogens is 286 g/mol. The number of nitrogens with one attached hydrogen (secondary N) is 1. The predicted octanol–water partition coefficient (Wildman–Crippen LogP) is 3.10. The van der Waals surface area contributed by atoms with E-state index in [1.807, 2.05) is 0 Å². The average Bonchev–Trinajstić information content (AvgIpc) is 2.50. The summed E-state index contributed by atoms with van der Waals surface area (Å²) in [5, 5.41) is 13.7. The zero-order chi connectivity index (χ0) is 16.1. The molecule has 0 aliphatic heterocycles. The highest BCUT2D eigenvalue weighted by Crippen LogP contribution is 2.27. The number of anilines is 3. The third-order valence-electron chi connectivity index (χ3n) is 2.92. The fourth-order valence-corrected chi connectivity index (χ4v) is 1.84. The fraction of sp³-hybridized carbons (Fsp3) is 0.133. The Labute approximate surface area is 126 Å². The zero-order valence-electron chi connectivity index (χ0n) is 11.9. The first-order valence-electron chi connectivity index (χ1n) is 6.59. The van der Waals surface area contributed by atoms with E-state index < -0.39 is 4.92 Å². The maximum atomic E-state index is 11.5. The summed E-state index contributed by atoms with van der Waals surface area (Å²) in [6.45, 7) is 2.06. The molecule has 0 amide bonds. The van der Waals surface area contributed by atoms with Crippen molar-refractivity contribution in [3.63, 3.8) is 0 Å². The number of hydrogen-bond donors (Lipinski definition) is 2. The lowest BCUT2D eigenvalue weighted by atomic mass is 10.2. The van der Waals surface area contributed by atoms with Gasteiger partial charge in [-0.2, -0.15) is 0 Å². The van der Waals surface area contributed by atoms with Gasteiger partial charge in [0.1, 0.15) is 0 Å². The van der Waals surface area contributed by atoms with Crippen molar-refractivity contribution < 1.29 is 14.5 Å². The molecule has 0 aromatic heterocycles. The van der Waals surface area contributed by atoms with Gasteiger partial charge >= 0.3 is 5.97 Å². The second-order valence-electron chi connectivity index (χ2n) is 4.45. The maximum Gasteiger partial charge on any atom is 0.338 e. The summed E-state index contributed by atoms with van der Waals surface area (Å²) >= 11 is 0. The molecule has 2 aromatic carbocycles. The van der Waals surface area contributed by atoms with E-state index in [4.69, 9.17) is 10.5 Å². The van der Waals surface area contributed by atoms with Crippen LogP contribution in [0.5, 0.6) is 0 Å².